The second-order valence-electron chi connectivity index (χ2n) is 9.98. The Kier molecular flexibility index (Phi) is 8.21. The van der Waals surface area contributed by atoms with E-state index in [0.29, 0.717) is 23.4 Å². The van der Waals surface area contributed by atoms with E-state index in [1.54, 1.807) is 18.0 Å². The van der Waals surface area contributed by atoms with Crippen LogP contribution in [0.1, 0.15) is 60.5 Å². The van der Waals surface area contributed by atoms with E-state index in [1.807, 2.05) is 7.05 Å². The number of hydrogen-bond acceptors (Lipinski definition) is 6. The number of amides is 1. The average Bonchev–Trinajstić information content (AvgIpc) is 3.50. The summed E-state index contributed by atoms with van der Waals surface area (Å²) in [5.41, 5.74) is -0.486. The van der Waals surface area contributed by atoms with Crippen molar-refractivity contribution in [2.45, 2.75) is 51.2 Å². The van der Waals surface area contributed by atoms with Crippen LogP contribution in [0.15, 0.2) is 24.5 Å². The molecule has 38 heavy (non-hydrogen) atoms. The summed E-state index contributed by atoms with van der Waals surface area (Å²) in [7, 11) is 3.53. The molecule has 8 nitrogen and oxygen atoms in total. The van der Waals surface area contributed by atoms with Gasteiger partial charge < -0.3 is 20.5 Å². The van der Waals surface area contributed by atoms with Crippen molar-refractivity contribution in [1.29, 1.82) is 5.26 Å². The van der Waals surface area contributed by atoms with Crippen molar-refractivity contribution in [2.24, 2.45) is 5.92 Å². The maximum Gasteiger partial charge on any atom is 0.419 e. The lowest BCUT2D eigenvalue weighted by atomic mass is 10.00. The van der Waals surface area contributed by atoms with Crippen LogP contribution in [0.4, 0.5) is 19.1 Å². The van der Waals surface area contributed by atoms with Crippen molar-refractivity contribution >= 4 is 22.8 Å². The predicted octanol–water partition coefficient (Wildman–Crippen LogP) is 5.19. The predicted molar refractivity (Wildman–Crippen MR) is 140 cm³/mol. The highest BCUT2D eigenvalue weighted by Gasteiger charge is 2.36. The normalized spacial score (nSPS) is 17.5. The number of alkyl halides is 3. The molecule has 0 aliphatic heterocycles. The van der Waals surface area contributed by atoms with E-state index < -0.39 is 11.7 Å². The fourth-order valence-electron chi connectivity index (χ4n) is 5.03. The lowest BCUT2D eigenvalue weighted by molar-refractivity contribution is -0.137. The molecule has 2 atom stereocenters. The molecule has 1 aliphatic rings. The molecule has 1 aromatic carbocycles. The van der Waals surface area contributed by atoms with E-state index in [1.165, 1.54) is 12.3 Å². The molecule has 1 saturated carbocycles. The number of H-pyrrole nitrogens is 1. The van der Waals surface area contributed by atoms with Crippen LogP contribution in [0.5, 0.6) is 0 Å². The summed E-state index contributed by atoms with van der Waals surface area (Å²) in [6.07, 6.45) is 2.06. The molecule has 1 aliphatic carbocycles. The first kappa shape index (κ1) is 27.4. The van der Waals surface area contributed by atoms with Crippen LogP contribution < -0.4 is 10.6 Å². The standard InChI is InChI=1S/C27H32F3N7O/c1-16-6-7-17(12-16)35-26-34-15-22(27(28,29)30)24(36-26)21-14-33-23-18(21)8-9-19(20(23)13-31)25(38)37(3)11-5-4-10-32-2/h8-9,14-17,32-33H,4-7,10-12H2,1-3H3,(H,34,35,36)/t16-,17-/m0/s1. The average molecular weight is 528 g/mol. The maximum absolute atomic E-state index is 14.0. The van der Waals surface area contributed by atoms with E-state index in [9.17, 15) is 23.2 Å². The second-order valence-corrected chi connectivity index (χ2v) is 9.98. The fourth-order valence-corrected chi connectivity index (χ4v) is 5.03. The summed E-state index contributed by atoms with van der Waals surface area (Å²) in [6.45, 7) is 3.49. The SMILES string of the molecule is CNCCCCN(C)C(=O)c1ccc2c(-c3nc(N[C@H]4CC[C@H](C)C4)ncc3C(F)(F)F)c[nH]c2c1C#N. The largest absolute Gasteiger partial charge is 0.419 e. The zero-order chi connectivity index (χ0) is 27.4. The number of anilines is 1. The fraction of sp³-hybridized carbons (Fsp3) is 0.481. The van der Waals surface area contributed by atoms with E-state index >= 15 is 0 Å². The van der Waals surface area contributed by atoms with Gasteiger partial charge in [-0.05, 0) is 57.7 Å². The van der Waals surface area contributed by atoms with E-state index in [0.717, 1.165) is 44.8 Å². The molecule has 0 bridgehead atoms. The van der Waals surface area contributed by atoms with Crippen molar-refractivity contribution < 1.29 is 18.0 Å². The first-order chi connectivity index (χ1) is 18.1. The lowest BCUT2D eigenvalue weighted by Gasteiger charge is -2.18. The second kappa shape index (κ2) is 11.4. The zero-order valence-electron chi connectivity index (χ0n) is 21.7. The zero-order valence-corrected chi connectivity index (χ0v) is 21.7. The molecule has 3 aromatic rings. The van der Waals surface area contributed by atoms with Crippen LogP contribution in [0, 0.1) is 17.2 Å². The number of rotatable bonds is 9. The van der Waals surface area contributed by atoms with Gasteiger partial charge in [0.15, 0.2) is 0 Å². The molecule has 3 N–H and O–H groups in total. The van der Waals surface area contributed by atoms with Crippen LogP contribution in [-0.2, 0) is 6.18 Å². The molecule has 0 spiro atoms. The highest BCUT2D eigenvalue weighted by molar-refractivity contribution is 6.05. The molecular weight excluding hydrogens is 495 g/mol. The lowest BCUT2D eigenvalue weighted by Crippen LogP contribution is -2.29. The van der Waals surface area contributed by atoms with E-state index in [2.05, 4.69) is 38.6 Å². The molecule has 1 amide bonds. The first-order valence-electron chi connectivity index (χ1n) is 12.8. The molecule has 11 heteroatoms. The number of nitrogens with zero attached hydrogens (tertiary/aromatic N) is 4. The number of fused-ring (bicyclic) bond motifs is 1. The Bertz CT molecular complexity index is 1340. The Morgan fingerprint density at radius 3 is 2.74 bits per heavy atom. The number of benzene rings is 1. The number of nitriles is 1. The van der Waals surface area contributed by atoms with Crippen LogP contribution in [0.3, 0.4) is 0 Å². The summed E-state index contributed by atoms with van der Waals surface area (Å²) in [5.74, 6) is 0.344. The van der Waals surface area contributed by atoms with Gasteiger partial charge >= 0.3 is 6.18 Å². The summed E-state index contributed by atoms with van der Waals surface area (Å²) in [5, 5.41) is 16.5. The quantitative estimate of drug-likeness (QED) is 0.331. The highest BCUT2D eigenvalue weighted by atomic mass is 19.4. The van der Waals surface area contributed by atoms with Crippen molar-refractivity contribution in [1.82, 2.24) is 25.2 Å². The van der Waals surface area contributed by atoms with Gasteiger partial charge in [0, 0.05) is 43.0 Å². The molecule has 0 unspecified atom stereocenters. The van der Waals surface area contributed by atoms with Crippen LogP contribution in [-0.4, -0.2) is 59.0 Å². The van der Waals surface area contributed by atoms with Gasteiger partial charge in [-0.15, -0.1) is 0 Å². The van der Waals surface area contributed by atoms with Gasteiger partial charge in [-0.2, -0.15) is 18.4 Å². The Morgan fingerprint density at radius 1 is 1.29 bits per heavy atom. The number of carbonyl (C=O) groups is 1. The number of aromatic amines is 1. The maximum atomic E-state index is 14.0. The third-order valence-electron chi connectivity index (χ3n) is 7.09. The summed E-state index contributed by atoms with van der Waals surface area (Å²) in [4.78, 5) is 25.8. The van der Waals surface area contributed by atoms with Crippen molar-refractivity contribution in [2.75, 3.05) is 32.5 Å². The van der Waals surface area contributed by atoms with Gasteiger partial charge in [0.25, 0.3) is 5.91 Å². The number of carbonyl (C=O) groups excluding carboxylic acids is 1. The van der Waals surface area contributed by atoms with Crippen molar-refractivity contribution in [3.63, 3.8) is 0 Å². The molecule has 0 saturated heterocycles. The Hall–Kier alpha value is -3.65. The van der Waals surface area contributed by atoms with Gasteiger partial charge in [-0.1, -0.05) is 13.0 Å². The van der Waals surface area contributed by atoms with Gasteiger partial charge in [0.05, 0.1) is 22.3 Å². The Labute approximate surface area is 219 Å². The topological polar surface area (TPSA) is 110 Å². The van der Waals surface area contributed by atoms with Crippen LogP contribution in [0.25, 0.3) is 22.2 Å². The minimum Gasteiger partial charge on any atom is -0.359 e. The van der Waals surface area contributed by atoms with Crippen LogP contribution >= 0.6 is 0 Å². The van der Waals surface area contributed by atoms with E-state index in [4.69, 9.17) is 0 Å². The Balaban J connectivity index is 1.71. The van der Waals surface area contributed by atoms with Gasteiger partial charge in [0.2, 0.25) is 5.95 Å². The highest BCUT2D eigenvalue weighted by Crippen LogP contribution is 2.40. The molecule has 2 heterocycles. The summed E-state index contributed by atoms with van der Waals surface area (Å²) < 4.78 is 41.9. The molecule has 1 fully saturated rings. The minimum atomic E-state index is -4.68. The van der Waals surface area contributed by atoms with Crippen molar-refractivity contribution in [3.8, 4) is 17.3 Å². The monoisotopic (exact) mass is 527 g/mol. The van der Waals surface area contributed by atoms with Gasteiger partial charge in [-0.25, -0.2) is 9.97 Å². The molecule has 4 rings (SSSR count). The minimum absolute atomic E-state index is 0.0849. The van der Waals surface area contributed by atoms with Crippen LogP contribution in [0.2, 0.25) is 0 Å². The molecule has 2 aromatic heterocycles. The molecular formula is C27H32F3N7O. The molecule has 0 radical (unpaired) electrons. The Morgan fingerprint density at radius 2 is 2.08 bits per heavy atom. The summed E-state index contributed by atoms with van der Waals surface area (Å²) >= 11 is 0. The molecule has 202 valence electrons. The number of nitrogens with one attached hydrogen (secondary N) is 3. The van der Waals surface area contributed by atoms with Gasteiger partial charge in [0.1, 0.15) is 11.6 Å². The first-order valence-corrected chi connectivity index (χ1v) is 12.8. The van der Waals surface area contributed by atoms with Crippen molar-refractivity contribution in [3.05, 3.63) is 41.2 Å². The summed E-state index contributed by atoms with van der Waals surface area (Å²) in [6, 6.07) is 5.24. The number of halogens is 3. The number of hydrogen-bond donors (Lipinski definition) is 3. The third kappa shape index (κ3) is 5.75. The van der Waals surface area contributed by atoms with Gasteiger partial charge in [-0.3, -0.25) is 4.79 Å². The third-order valence-corrected chi connectivity index (χ3v) is 7.09. The number of unbranched alkanes of at least 4 members (excludes halogenated alkanes) is 1. The van der Waals surface area contributed by atoms with E-state index in [-0.39, 0.29) is 40.3 Å². The smallest absolute Gasteiger partial charge is 0.359 e. The number of aromatic nitrogens is 3.